The minimum atomic E-state index is 0.0916. The number of rotatable bonds is 4. The molecule has 22 heavy (non-hydrogen) atoms. The molecule has 0 aromatic carbocycles. The highest BCUT2D eigenvalue weighted by Gasteiger charge is 2.04. The molecule has 0 aliphatic carbocycles. The number of allylic oxidation sites excluding steroid dienone is 2. The van der Waals surface area contributed by atoms with Crippen molar-refractivity contribution in [1.29, 1.82) is 5.41 Å². The highest BCUT2D eigenvalue weighted by molar-refractivity contribution is 6.12. The Hall–Kier alpha value is -3.08. The summed E-state index contributed by atoms with van der Waals surface area (Å²) in [5, 5.41) is 11.2. The zero-order valence-corrected chi connectivity index (χ0v) is 12.3. The molecule has 0 saturated carbocycles. The van der Waals surface area contributed by atoms with Gasteiger partial charge in [-0.25, -0.2) is 9.98 Å². The second-order valence-corrected chi connectivity index (χ2v) is 4.47. The van der Waals surface area contributed by atoms with E-state index in [-0.39, 0.29) is 5.84 Å². The molecule has 0 saturated heterocycles. The van der Waals surface area contributed by atoms with Crippen LogP contribution in [-0.4, -0.2) is 21.6 Å². The molecule has 2 aromatic heterocycles. The molecule has 5 heteroatoms. The Balaban J connectivity index is 2.26. The molecule has 5 nitrogen and oxygen atoms in total. The van der Waals surface area contributed by atoms with Crippen LogP contribution in [0.25, 0.3) is 0 Å². The van der Waals surface area contributed by atoms with Crippen molar-refractivity contribution in [2.24, 2.45) is 4.99 Å². The van der Waals surface area contributed by atoms with Crippen LogP contribution in [0.4, 0.5) is 5.69 Å². The van der Waals surface area contributed by atoms with Gasteiger partial charge in [-0.2, -0.15) is 0 Å². The summed E-state index contributed by atoms with van der Waals surface area (Å²) < 4.78 is 0. The highest BCUT2D eigenvalue weighted by Crippen LogP contribution is 2.06. The third-order valence-electron chi connectivity index (χ3n) is 2.71. The zero-order valence-electron chi connectivity index (χ0n) is 12.3. The minimum absolute atomic E-state index is 0.0916. The van der Waals surface area contributed by atoms with Gasteiger partial charge < -0.3 is 5.32 Å². The number of aromatic nitrogens is 2. The van der Waals surface area contributed by atoms with Crippen LogP contribution < -0.4 is 5.32 Å². The first-order chi connectivity index (χ1) is 10.7. The number of hydrogen-bond donors (Lipinski definition) is 2. The summed E-state index contributed by atoms with van der Waals surface area (Å²) in [5.41, 5.74) is 2.22. The number of amidine groups is 2. The van der Waals surface area contributed by atoms with Gasteiger partial charge in [-0.1, -0.05) is 24.8 Å². The summed E-state index contributed by atoms with van der Waals surface area (Å²) in [6.07, 6.45) is 8.52. The summed E-state index contributed by atoms with van der Waals surface area (Å²) >= 11 is 0. The van der Waals surface area contributed by atoms with Gasteiger partial charge in [0.25, 0.3) is 0 Å². The summed E-state index contributed by atoms with van der Waals surface area (Å²) in [5.74, 6) is 0.619. The van der Waals surface area contributed by atoms with Crippen molar-refractivity contribution < 1.29 is 0 Å². The number of pyridine rings is 2. The Kier molecular flexibility index (Phi) is 5.31. The number of nitrogens with one attached hydrogen (secondary N) is 2. The largest absolute Gasteiger partial charge is 0.340 e. The van der Waals surface area contributed by atoms with Crippen LogP contribution in [0.15, 0.2) is 72.5 Å². The van der Waals surface area contributed by atoms with Gasteiger partial charge in [-0.3, -0.25) is 10.4 Å². The minimum Gasteiger partial charge on any atom is -0.340 e. The Morgan fingerprint density at radius 1 is 1.27 bits per heavy atom. The fourth-order valence-corrected chi connectivity index (χ4v) is 1.70. The van der Waals surface area contributed by atoms with Gasteiger partial charge in [0, 0.05) is 23.8 Å². The van der Waals surface area contributed by atoms with Crippen LogP contribution in [0.3, 0.4) is 0 Å². The Morgan fingerprint density at radius 3 is 2.73 bits per heavy atom. The number of hydrogen-bond acceptors (Lipinski definition) is 3. The van der Waals surface area contributed by atoms with Crippen molar-refractivity contribution in [3.8, 4) is 0 Å². The first kappa shape index (κ1) is 15.3. The molecule has 2 heterocycles. The van der Waals surface area contributed by atoms with Gasteiger partial charge in [0.2, 0.25) is 0 Å². The van der Waals surface area contributed by atoms with Crippen LogP contribution in [0.2, 0.25) is 0 Å². The average molecular weight is 291 g/mol. The van der Waals surface area contributed by atoms with Crippen LogP contribution >= 0.6 is 0 Å². The lowest BCUT2D eigenvalue weighted by Gasteiger charge is -2.06. The molecule has 0 aliphatic rings. The molecule has 0 spiro atoms. The molecular formula is C17H17N5. The van der Waals surface area contributed by atoms with Gasteiger partial charge in [0.1, 0.15) is 11.5 Å². The van der Waals surface area contributed by atoms with Crippen molar-refractivity contribution in [3.05, 3.63) is 78.9 Å². The maximum absolute atomic E-state index is 8.10. The molecular weight excluding hydrogens is 274 g/mol. The fraction of sp³-hybridized carbons (Fsp3) is 0.0588. The number of aliphatic imine (C=N–C) groups is 1. The van der Waals surface area contributed by atoms with Crippen LogP contribution in [-0.2, 0) is 0 Å². The van der Waals surface area contributed by atoms with E-state index in [0.717, 1.165) is 11.4 Å². The Labute approximate surface area is 129 Å². The molecule has 2 N–H and O–H groups in total. The molecule has 0 bridgehead atoms. The van der Waals surface area contributed by atoms with E-state index in [0.29, 0.717) is 11.5 Å². The van der Waals surface area contributed by atoms with E-state index in [1.165, 1.54) is 0 Å². The number of aryl methyl sites for hydroxylation is 1. The highest BCUT2D eigenvalue weighted by atomic mass is 15.0. The first-order valence-corrected chi connectivity index (χ1v) is 6.76. The summed E-state index contributed by atoms with van der Waals surface area (Å²) in [4.78, 5) is 12.6. The van der Waals surface area contributed by atoms with Crippen molar-refractivity contribution in [1.82, 2.24) is 9.97 Å². The second-order valence-electron chi connectivity index (χ2n) is 4.47. The van der Waals surface area contributed by atoms with E-state index >= 15 is 0 Å². The first-order valence-electron chi connectivity index (χ1n) is 6.76. The van der Waals surface area contributed by atoms with Crippen LogP contribution in [0.5, 0.6) is 0 Å². The second kappa shape index (κ2) is 7.64. The normalized spacial score (nSPS) is 11.4. The predicted molar refractivity (Wildman–Crippen MR) is 90.4 cm³/mol. The van der Waals surface area contributed by atoms with Crippen molar-refractivity contribution in [2.75, 3.05) is 5.32 Å². The van der Waals surface area contributed by atoms with Crippen molar-refractivity contribution in [3.63, 3.8) is 0 Å². The Bertz CT molecular complexity index is 717. The molecule has 0 fully saturated rings. The molecule has 0 unspecified atom stereocenters. The molecule has 2 rings (SSSR count). The zero-order chi connectivity index (χ0) is 15.8. The van der Waals surface area contributed by atoms with Gasteiger partial charge in [-0.05, 0) is 37.3 Å². The molecule has 0 atom stereocenters. The molecule has 0 radical (unpaired) electrons. The lowest BCUT2D eigenvalue weighted by atomic mass is 10.3. The Morgan fingerprint density at radius 2 is 2.05 bits per heavy atom. The van der Waals surface area contributed by atoms with Crippen LogP contribution in [0.1, 0.15) is 11.4 Å². The SMILES string of the molecule is C=C/C=C/C(=N\C(=N)c1cccc(C)n1)Nc1ccncc1. The van der Waals surface area contributed by atoms with E-state index in [1.807, 2.05) is 31.2 Å². The third-order valence-corrected chi connectivity index (χ3v) is 2.71. The lowest BCUT2D eigenvalue weighted by molar-refractivity contribution is 1.16. The topological polar surface area (TPSA) is 74.0 Å². The fourth-order valence-electron chi connectivity index (χ4n) is 1.70. The summed E-state index contributed by atoms with van der Waals surface area (Å²) in [6, 6.07) is 9.16. The molecule has 0 aliphatic heterocycles. The van der Waals surface area contributed by atoms with E-state index < -0.39 is 0 Å². The number of anilines is 1. The third kappa shape index (κ3) is 4.49. The van der Waals surface area contributed by atoms with Gasteiger partial charge in [-0.15, -0.1) is 0 Å². The quantitative estimate of drug-likeness (QED) is 0.515. The van der Waals surface area contributed by atoms with E-state index in [4.69, 9.17) is 5.41 Å². The standard InChI is InChI=1S/C17H17N5/c1-3-4-8-16(21-14-9-11-19-12-10-14)22-17(18)15-7-5-6-13(2)20-15/h3-12H,1H2,2H3,(H2,18,19,21,22)/b8-4+. The van der Waals surface area contributed by atoms with E-state index in [1.54, 1.807) is 36.7 Å². The van der Waals surface area contributed by atoms with Crippen molar-refractivity contribution >= 4 is 17.4 Å². The summed E-state index contributed by atoms with van der Waals surface area (Å²) in [6.45, 7) is 5.53. The maximum Gasteiger partial charge on any atom is 0.172 e. The predicted octanol–water partition coefficient (Wildman–Crippen LogP) is 3.36. The van der Waals surface area contributed by atoms with Gasteiger partial charge in [0.05, 0.1) is 0 Å². The van der Waals surface area contributed by atoms with Crippen LogP contribution in [0, 0.1) is 12.3 Å². The van der Waals surface area contributed by atoms with E-state index in [2.05, 4.69) is 26.9 Å². The molecule has 110 valence electrons. The number of nitrogens with zero attached hydrogens (tertiary/aromatic N) is 3. The lowest BCUT2D eigenvalue weighted by Crippen LogP contribution is -2.13. The van der Waals surface area contributed by atoms with Gasteiger partial charge in [0.15, 0.2) is 5.84 Å². The smallest absolute Gasteiger partial charge is 0.172 e. The van der Waals surface area contributed by atoms with Crippen molar-refractivity contribution in [2.45, 2.75) is 6.92 Å². The maximum atomic E-state index is 8.10. The van der Waals surface area contributed by atoms with E-state index in [9.17, 15) is 0 Å². The summed E-state index contributed by atoms with van der Waals surface area (Å²) in [7, 11) is 0. The molecule has 0 amide bonds. The molecule has 2 aromatic rings. The average Bonchev–Trinajstić information content (AvgIpc) is 2.53. The van der Waals surface area contributed by atoms with Gasteiger partial charge >= 0.3 is 0 Å². The monoisotopic (exact) mass is 291 g/mol.